The van der Waals surface area contributed by atoms with Crippen LogP contribution in [0.5, 0.6) is 0 Å². The van der Waals surface area contributed by atoms with Gasteiger partial charge in [-0.15, -0.1) is 0 Å². The summed E-state index contributed by atoms with van der Waals surface area (Å²) >= 11 is 5.93. The lowest BCUT2D eigenvalue weighted by Gasteiger charge is -2.03. The second-order valence-electron chi connectivity index (χ2n) is 2.92. The molecule has 5 nitrogen and oxygen atoms in total. The molecule has 2 aromatic rings. The van der Waals surface area contributed by atoms with Crippen molar-refractivity contribution in [2.24, 2.45) is 0 Å². The molecule has 0 aliphatic rings. The zero-order valence-corrected chi connectivity index (χ0v) is 8.61. The highest BCUT2D eigenvalue weighted by atomic mass is 35.5. The molecule has 2 aromatic heterocycles. The Labute approximate surface area is 91.5 Å². The molecule has 0 aromatic carbocycles. The Morgan fingerprint density at radius 2 is 2.33 bits per heavy atom. The number of nitrogens with one attached hydrogen (secondary N) is 1. The lowest BCUT2D eigenvalue weighted by Crippen LogP contribution is -2.13. The monoisotopic (exact) mass is 224 g/mol. The number of hydrogen-bond acceptors (Lipinski definition) is 5. The zero-order valence-electron chi connectivity index (χ0n) is 7.85. The van der Waals surface area contributed by atoms with Gasteiger partial charge in [0.2, 0.25) is 6.39 Å². The van der Waals surface area contributed by atoms with Crippen LogP contribution >= 0.6 is 11.6 Å². The fourth-order valence-electron chi connectivity index (χ4n) is 1.13. The first-order valence-electron chi connectivity index (χ1n) is 4.40. The van der Waals surface area contributed by atoms with Gasteiger partial charge in [-0.25, -0.2) is 0 Å². The predicted octanol–water partition coefficient (Wildman–Crippen LogP) is 1.41. The molecule has 15 heavy (non-hydrogen) atoms. The molecule has 0 spiro atoms. The fourth-order valence-corrected chi connectivity index (χ4v) is 1.31. The van der Waals surface area contributed by atoms with Gasteiger partial charge in [-0.3, -0.25) is 4.98 Å². The third-order valence-corrected chi connectivity index (χ3v) is 2.20. The number of aromatic nitrogens is 3. The van der Waals surface area contributed by atoms with E-state index in [9.17, 15) is 0 Å². The quantitative estimate of drug-likeness (QED) is 0.851. The fraction of sp³-hybridized carbons (Fsp3) is 0.222. The maximum Gasteiger partial charge on any atom is 0.213 e. The summed E-state index contributed by atoms with van der Waals surface area (Å²) in [6, 6.07) is 1.87. The van der Waals surface area contributed by atoms with E-state index in [1.165, 1.54) is 6.39 Å². The van der Waals surface area contributed by atoms with E-state index in [2.05, 4.69) is 25.0 Å². The van der Waals surface area contributed by atoms with E-state index in [1.54, 1.807) is 12.4 Å². The minimum atomic E-state index is 0.551. The van der Waals surface area contributed by atoms with Crippen LogP contribution in [0.3, 0.4) is 0 Å². The third-order valence-electron chi connectivity index (χ3n) is 1.86. The highest BCUT2D eigenvalue weighted by Gasteiger charge is 2.00. The van der Waals surface area contributed by atoms with E-state index in [0.29, 0.717) is 23.9 Å². The topological polar surface area (TPSA) is 63.8 Å². The van der Waals surface area contributed by atoms with Crippen LogP contribution in [0.4, 0.5) is 0 Å². The second kappa shape index (κ2) is 4.86. The van der Waals surface area contributed by atoms with Crippen molar-refractivity contribution in [1.82, 2.24) is 20.4 Å². The minimum absolute atomic E-state index is 0.551. The molecule has 2 rings (SSSR count). The van der Waals surface area contributed by atoms with E-state index in [4.69, 9.17) is 11.6 Å². The van der Waals surface area contributed by atoms with Gasteiger partial charge < -0.3 is 9.84 Å². The number of hydrogen-bond donors (Lipinski definition) is 1. The molecule has 0 bridgehead atoms. The van der Waals surface area contributed by atoms with Crippen LogP contribution in [0.1, 0.15) is 11.4 Å². The zero-order chi connectivity index (χ0) is 10.5. The van der Waals surface area contributed by atoms with Gasteiger partial charge in [0.1, 0.15) is 0 Å². The average molecular weight is 225 g/mol. The Morgan fingerprint density at radius 1 is 1.40 bits per heavy atom. The van der Waals surface area contributed by atoms with E-state index < -0.39 is 0 Å². The Kier molecular flexibility index (Phi) is 3.26. The first-order chi connectivity index (χ1) is 7.36. The predicted molar refractivity (Wildman–Crippen MR) is 54.1 cm³/mol. The summed E-state index contributed by atoms with van der Waals surface area (Å²) in [6.07, 6.45) is 4.63. The van der Waals surface area contributed by atoms with Gasteiger partial charge in [0, 0.05) is 18.9 Å². The van der Waals surface area contributed by atoms with Crippen LogP contribution in [-0.4, -0.2) is 15.1 Å². The molecule has 6 heteroatoms. The number of pyridine rings is 1. The molecule has 0 aliphatic heterocycles. The van der Waals surface area contributed by atoms with Gasteiger partial charge in [0.25, 0.3) is 0 Å². The molecule has 2 heterocycles. The molecule has 0 saturated carbocycles. The van der Waals surface area contributed by atoms with Crippen LogP contribution in [0.2, 0.25) is 5.02 Å². The third kappa shape index (κ3) is 2.74. The highest BCUT2D eigenvalue weighted by molar-refractivity contribution is 6.31. The molecule has 0 aliphatic carbocycles. The van der Waals surface area contributed by atoms with E-state index in [0.717, 1.165) is 5.56 Å². The minimum Gasteiger partial charge on any atom is -0.343 e. The smallest absolute Gasteiger partial charge is 0.213 e. The van der Waals surface area contributed by atoms with Crippen molar-refractivity contribution in [3.8, 4) is 0 Å². The molecule has 0 saturated heterocycles. The van der Waals surface area contributed by atoms with Gasteiger partial charge in [0.05, 0.1) is 11.6 Å². The van der Waals surface area contributed by atoms with E-state index in [1.807, 2.05) is 6.07 Å². The van der Waals surface area contributed by atoms with Crippen LogP contribution in [0.25, 0.3) is 0 Å². The van der Waals surface area contributed by atoms with E-state index in [-0.39, 0.29) is 0 Å². The van der Waals surface area contributed by atoms with Crippen molar-refractivity contribution in [2.45, 2.75) is 13.1 Å². The molecule has 0 atom stereocenters. The largest absolute Gasteiger partial charge is 0.343 e. The lowest BCUT2D eigenvalue weighted by atomic mass is 10.2. The molecule has 78 valence electrons. The van der Waals surface area contributed by atoms with Gasteiger partial charge in [0.15, 0.2) is 5.82 Å². The van der Waals surface area contributed by atoms with Crippen LogP contribution < -0.4 is 5.32 Å². The number of halogens is 1. The van der Waals surface area contributed by atoms with Crippen LogP contribution in [0, 0.1) is 0 Å². The molecule has 0 unspecified atom stereocenters. The first kappa shape index (κ1) is 10.1. The van der Waals surface area contributed by atoms with Crippen molar-refractivity contribution in [3.05, 3.63) is 41.3 Å². The van der Waals surface area contributed by atoms with Crippen LogP contribution in [0.15, 0.2) is 29.4 Å². The maximum atomic E-state index is 5.93. The maximum absolute atomic E-state index is 5.93. The molecule has 0 fully saturated rings. The molecule has 1 N–H and O–H groups in total. The van der Waals surface area contributed by atoms with Crippen molar-refractivity contribution in [3.63, 3.8) is 0 Å². The second-order valence-corrected chi connectivity index (χ2v) is 3.33. The summed E-state index contributed by atoms with van der Waals surface area (Å²) in [5.41, 5.74) is 0.996. The SMILES string of the molecule is Clc1cnccc1CNCc1ncon1. The Morgan fingerprint density at radius 3 is 3.07 bits per heavy atom. The summed E-state index contributed by atoms with van der Waals surface area (Å²) in [5.74, 6) is 0.625. The Bertz CT molecular complexity index is 418. The van der Waals surface area contributed by atoms with Gasteiger partial charge >= 0.3 is 0 Å². The summed E-state index contributed by atoms with van der Waals surface area (Å²) < 4.78 is 4.60. The normalized spacial score (nSPS) is 10.5. The van der Waals surface area contributed by atoms with Crippen molar-refractivity contribution in [1.29, 1.82) is 0 Å². The van der Waals surface area contributed by atoms with Crippen LogP contribution in [-0.2, 0) is 13.1 Å². The standard InChI is InChI=1S/C9H9ClN4O/c10-8-4-11-2-1-7(8)3-12-5-9-13-6-15-14-9/h1-2,4,6,12H,3,5H2. The molecule has 0 radical (unpaired) electrons. The summed E-state index contributed by atoms with van der Waals surface area (Å²) in [4.78, 5) is 7.79. The number of nitrogens with zero attached hydrogens (tertiary/aromatic N) is 3. The number of rotatable bonds is 4. The molecular formula is C9H9ClN4O. The first-order valence-corrected chi connectivity index (χ1v) is 4.78. The van der Waals surface area contributed by atoms with Crippen molar-refractivity contribution in [2.75, 3.05) is 0 Å². The Hall–Kier alpha value is -1.46. The van der Waals surface area contributed by atoms with Gasteiger partial charge in [-0.1, -0.05) is 16.8 Å². The highest BCUT2D eigenvalue weighted by Crippen LogP contribution is 2.12. The van der Waals surface area contributed by atoms with Crippen molar-refractivity contribution >= 4 is 11.6 Å². The van der Waals surface area contributed by atoms with E-state index >= 15 is 0 Å². The average Bonchev–Trinajstić information content (AvgIpc) is 2.74. The summed E-state index contributed by atoms with van der Waals surface area (Å²) in [6.45, 7) is 1.20. The molecule has 0 amide bonds. The Balaban J connectivity index is 1.86. The van der Waals surface area contributed by atoms with Gasteiger partial charge in [-0.05, 0) is 11.6 Å². The van der Waals surface area contributed by atoms with Gasteiger partial charge in [-0.2, -0.15) is 4.98 Å². The summed E-state index contributed by atoms with van der Waals surface area (Å²) in [7, 11) is 0. The van der Waals surface area contributed by atoms with Crippen molar-refractivity contribution < 1.29 is 4.52 Å². The molecular weight excluding hydrogens is 216 g/mol. The lowest BCUT2D eigenvalue weighted by molar-refractivity contribution is 0.407. The summed E-state index contributed by atoms with van der Waals surface area (Å²) in [5, 5.41) is 7.47.